The van der Waals surface area contributed by atoms with Crippen LogP contribution in [-0.2, 0) is 0 Å². The van der Waals surface area contributed by atoms with Crippen molar-refractivity contribution in [3.05, 3.63) is 158 Å². The van der Waals surface area contributed by atoms with Crippen molar-refractivity contribution in [3.8, 4) is 45.0 Å². The van der Waals surface area contributed by atoms with Crippen molar-refractivity contribution < 1.29 is 4.42 Å². The van der Waals surface area contributed by atoms with E-state index >= 15 is 0 Å². The van der Waals surface area contributed by atoms with Crippen LogP contribution in [0.3, 0.4) is 0 Å². The molecule has 0 aliphatic heterocycles. The molecule has 45 heavy (non-hydrogen) atoms. The summed E-state index contributed by atoms with van der Waals surface area (Å²) in [6, 6.07) is 54.9. The van der Waals surface area contributed by atoms with Gasteiger partial charge in [-0.1, -0.05) is 127 Å². The summed E-state index contributed by atoms with van der Waals surface area (Å²) in [6.45, 7) is 0. The molecule has 2 aromatic heterocycles. The average molecular weight is 575 g/mol. The van der Waals surface area contributed by atoms with E-state index in [9.17, 15) is 0 Å². The predicted octanol–water partition coefficient (Wildman–Crippen LogP) is 11.4. The van der Waals surface area contributed by atoms with Crippen LogP contribution in [0, 0.1) is 0 Å². The second-order valence-electron chi connectivity index (χ2n) is 11.4. The lowest BCUT2D eigenvalue weighted by Gasteiger charge is -2.12. The van der Waals surface area contributed by atoms with Crippen LogP contribution in [0.1, 0.15) is 0 Å². The van der Waals surface area contributed by atoms with E-state index in [0.29, 0.717) is 5.82 Å². The Hall–Kier alpha value is -6.06. The molecule has 0 spiro atoms. The first-order valence-corrected chi connectivity index (χ1v) is 15.2. The summed E-state index contributed by atoms with van der Waals surface area (Å²) in [7, 11) is 0. The van der Waals surface area contributed by atoms with Gasteiger partial charge in [-0.15, -0.1) is 0 Å². The molecule has 0 bridgehead atoms. The normalized spacial score (nSPS) is 11.6. The first kappa shape index (κ1) is 25.4. The molecule has 9 rings (SSSR count). The summed E-state index contributed by atoms with van der Waals surface area (Å²) in [6.07, 6.45) is 0. The molecule has 3 heteroatoms. The van der Waals surface area contributed by atoms with Crippen LogP contribution < -0.4 is 0 Å². The Labute approximate surface area is 260 Å². The molecular formula is C42H26N2O. The Balaban J connectivity index is 1.34. The van der Waals surface area contributed by atoms with Crippen molar-refractivity contribution in [1.82, 2.24) is 9.97 Å². The third-order valence-corrected chi connectivity index (χ3v) is 8.65. The van der Waals surface area contributed by atoms with Gasteiger partial charge in [0.15, 0.2) is 5.82 Å². The molecule has 0 saturated carbocycles. The van der Waals surface area contributed by atoms with E-state index in [1.807, 2.05) is 18.2 Å². The summed E-state index contributed by atoms with van der Waals surface area (Å²) in [5.41, 5.74) is 8.60. The van der Waals surface area contributed by atoms with Gasteiger partial charge in [-0.05, 0) is 63.0 Å². The van der Waals surface area contributed by atoms with E-state index in [0.717, 1.165) is 66.5 Å². The third-order valence-electron chi connectivity index (χ3n) is 8.65. The number of benzene rings is 7. The third kappa shape index (κ3) is 4.37. The second kappa shape index (κ2) is 10.3. The van der Waals surface area contributed by atoms with Crippen LogP contribution in [0.25, 0.3) is 88.5 Å². The highest BCUT2D eigenvalue weighted by Gasteiger charge is 2.20. The molecule has 210 valence electrons. The summed E-state index contributed by atoms with van der Waals surface area (Å²) in [5.74, 6) is 0.679. The lowest BCUT2D eigenvalue weighted by atomic mass is 9.95. The van der Waals surface area contributed by atoms with Crippen LogP contribution in [0.15, 0.2) is 162 Å². The molecule has 2 heterocycles. The molecule has 0 N–H and O–H groups in total. The lowest BCUT2D eigenvalue weighted by Crippen LogP contribution is -1.96. The van der Waals surface area contributed by atoms with Gasteiger partial charge < -0.3 is 4.42 Å². The SMILES string of the molecule is c1ccc(-c2nc(-c3ccc4ccccc4c3)cc(-c3ccc(-c4ccccc4)c4c3oc3cc5ccccc5cc34)n2)cc1. The van der Waals surface area contributed by atoms with Gasteiger partial charge in [-0.25, -0.2) is 9.97 Å². The minimum Gasteiger partial charge on any atom is -0.455 e. The molecule has 0 atom stereocenters. The van der Waals surface area contributed by atoms with Crippen LogP contribution in [-0.4, -0.2) is 9.97 Å². The molecule has 0 fully saturated rings. The summed E-state index contributed by atoms with van der Waals surface area (Å²) >= 11 is 0. The second-order valence-corrected chi connectivity index (χ2v) is 11.4. The monoisotopic (exact) mass is 574 g/mol. The number of nitrogens with zero attached hydrogens (tertiary/aromatic N) is 2. The summed E-state index contributed by atoms with van der Waals surface area (Å²) in [4.78, 5) is 10.3. The van der Waals surface area contributed by atoms with Gasteiger partial charge in [0.1, 0.15) is 11.2 Å². The van der Waals surface area contributed by atoms with Crippen LogP contribution in [0.2, 0.25) is 0 Å². The largest absolute Gasteiger partial charge is 0.455 e. The zero-order valence-corrected chi connectivity index (χ0v) is 24.3. The van der Waals surface area contributed by atoms with Gasteiger partial charge in [0.25, 0.3) is 0 Å². The molecule has 7 aromatic carbocycles. The zero-order valence-electron chi connectivity index (χ0n) is 24.3. The highest BCUT2D eigenvalue weighted by Crippen LogP contribution is 2.43. The fraction of sp³-hybridized carbons (Fsp3) is 0. The first-order valence-electron chi connectivity index (χ1n) is 15.2. The molecule has 0 radical (unpaired) electrons. The van der Waals surface area contributed by atoms with Crippen LogP contribution in [0.4, 0.5) is 0 Å². The van der Waals surface area contributed by atoms with Crippen molar-refractivity contribution >= 4 is 43.5 Å². The fourth-order valence-corrected chi connectivity index (χ4v) is 6.42. The number of rotatable bonds is 4. The number of fused-ring (bicyclic) bond motifs is 5. The van der Waals surface area contributed by atoms with Gasteiger partial charge in [0, 0.05) is 27.5 Å². The molecule has 0 aliphatic rings. The van der Waals surface area contributed by atoms with Gasteiger partial charge in [-0.3, -0.25) is 0 Å². The van der Waals surface area contributed by atoms with E-state index in [1.54, 1.807) is 0 Å². The van der Waals surface area contributed by atoms with Gasteiger partial charge in [-0.2, -0.15) is 0 Å². The number of aromatic nitrogens is 2. The minimum absolute atomic E-state index is 0.679. The molecule has 3 nitrogen and oxygen atoms in total. The van der Waals surface area contributed by atoms with Crippen LogP contribution in [0.5, 0.6) is 0 Å². The Morgan fingerprint density at radius 2 is 1.00 bits per heavy atom. The zero-order chi connectivity index (χ0) is 29.7. The van der Waals surface area contributed by atoms with E-state index in [2.05, 4.69) is 140 Å². The summed E-state index contributed by atoms with van der Waals surface area (Å²) < 4.78 is 6.80. The fourth-order valence-electron chi connectivity index (χ4n) is 6.42. The molecule has 0 unspecified atom stereocenters. The minimum atomic E-state index is 0.679. The highest BCUT2D eigenvalue weighted by atomic mass is 16.3. The van der Waals surface area contributed by atoms with Crippen molar-refractivity contribution in [1.29, 1.82) is 0 Å². The molecule has 0 amide bonds. The van der Waals surface area contributed by atoms with Crippen molar-refractivity contribution in [2.75, 3.05) is 0 Å². The summed E-state index contributed by atoms with van der Waals surface area (Å²) in [5, 5.41) is 6.90. The van der Waals surface area contributed by atoms with Crippen LogP contribution >= 0.6 is 0 Å². The first-order chi connectivity index (χ1) is 22.3. The van der Waals surface area contributed by atoms with E-state index in [4.69, 9.17) is 14.4 Å². The lowest BCUT2D eigenvalue weighted by molar-refractivity contribution is 0.670. The Bertz CT molecular complexity index is 2530. The standard InChI is InChI=1S/C42H26N2O/c1-3-12-28(13-4-1)34-21-22-35(41-40(34)36-24-31-17-9-10-18-32(31)25-39(36)45-41)38-26-37(43-42(44-38)29-14-5-2-6-15-29)33-20-19-27-11-7-8-16-30(27)23-33/h1-26H. The maximum absolute atomic E-state index is 6.80. The Kier molecular flexibility index (Phi) is 5.82. The Morgan fingerprint density at radius 1 is 0.400 bits per heavy atom. The van der Waals surface area contributed by atoms with Gasteiger partial charge in [0.05, 0.1) is 11.4 Å². The van der Waals surface area contributed by atoms with E-state index in [-0.39, 0.29) is 0 Å². The van der Waals surface area contributed by atoms with E-state index < -0.39 is 0 Å². The maximum atomic E-state index is 6.80. The Morgan fingerprint density at radius 3 is 1.76 bits per heavy atom. The smallest absolute Gasteiger partial charge is 0.160 e. The van der Waals surface area contributed by atoms with Crippen molar-refractivity contribution in [2.24, 2.45) is 0 Å². The molecule has 0 aliphatic carbocycles. The van der Waals surface area contributed by atoms with Crippen molar-refractivity contribution in [3.63, 3.8) is 0 Å². The maximum Gasteiger partial charge on any atom is 0.160 e. The topological polar surface area (TPSA) is 38.9 Å². The molecule has 9 aromatic rings. The number of hydrogen-bond acceptors (Lipinski definition) is 3. The van der Waals surface area contributed by atoms with Gasteiger partial charge in [0.2, 0.25) is 0 Å². The quantitative estimate of drug-likeness (QED) is 0.210. The molecular weight excluding hydrogens is 548 g/mol. The average Bonchev–Trinajstić information content (AvgIpc) is 3.49. The molecule has 0 saturated heterocycles. The highest BCUT2D eigenvalue weighted by molar-refractivity contribution is 6.18. The predicted molar refractivity (Wildman–Crippen MR) is 186 cm³/mol. The van der Waals surface area contributed by atoms with Gasteiger partial charge >= 0.3 is 0 Å². The van der Waals surface area contributed by atoms with Crippen molar-refractivity contribution in [2.45, 2.75) is 0 Å². The van der Waals surface area contributed by atoms with E-state index in [1.165, 1.54) is 16.2 Å². The number of furan rings is 1. The number of hydrogen-bond donors (Lipinski definition) is 0.